The van der Waals surface area contributed by atoms with Crippen molar-refractivity contribution in [1.82, 2.24) is 0 Å². The van der Waals surface area contributed by atoms with E-state index < -0.39 is 0 Å². The summed E-state index contributed by atoms with van der Waals surface area (Å²) in [6.45, 7) is 0. The van der Waals surface area contributed by atoms with Crippen molar-refractivity contribution in [2.75, 3.05) is 42.7 Å². The molecule has 2 aromatic carbocycles. The van der Waals surface area contributed by atoms with Crippen molar-refractivity contribution in [1.29, 1.82) is 0 Å². The highest BCUT2D eigenvalue weighted by Gasteiger charge is 2.16. The van der Waals surface area contributed by atoms with Crippen LogP contribution in [0.2, 0.25) is 0 Å². The van der Waals surface area contributed by atoms with Crippen LogP contribution in [0.4, 0.5) is 0 Å². The van der Waals surface area contributed by atoms with Gasteiger partial charge in [0.15, 0.2) is 23.0 Å². The van der Waals surface area contributed by atoms with E-state index in [4.69, 9.17) is 28.4 Å². The molecular weight excluding hydrogens is 324 g/mol. The van der Waals surface area contributed by atoms with Crippen molar-refractivity contribution in [2.24, 2.45) is 0 Å². The van der Waals surface area contributed by atoms with Crippen LogP contribution in [0, 0.1) is 0 Å². The fraction of sp³-hybridized carbons (Fsp3) is 0.368. The van der Waals surface area contributed by atoms with Gasteiger partial charge in [0.1, 0.15) is 0 Å². The second-order valence-electron chi connectivity index (χ2n) is 5.24. The molecule has 0 aliphatic carbocycles. The van der Waals surface area contributed by atoms with Gasteiger partial charge in [0.05, 0.1) is 42.7 Å². The fourth-order valence-corrected chi connectivity index (χ4v) is 2.71. The molecule has 0 atom stereocenters. The molecule has 25 heavy (non-hydrogen) atoms. The first-order chi connectivity index (χ1) is 12.1. The van der Waals surface area contributed by atoms with Gasteiger partial charge in [-0.3, -0.25) is 0 Å². The third-order valence-corrected chi connectivity index (χ3v) is 3.86. The number of hydrogen-bond acceptors (Lipinski definition) is 6. The molecule has 0 aliphatic heterocycles. The van der Waals surface area contributed by atoms with Gasteiger partial charge >= 0.3 is 0 Å². The summed E-state index contributed by atoms with van der Waals surface area (Å²) < 4.78 is 32.4. The summed E-state index contributed by atoms with van der Waals surface area (Å²) in [5.74, 6) is 3.60. The van der Waals surface area contributed by atoms with Crippen molar-refractivity contribution < 1.29 is 28.4 Å². The first kappa shape index (κ1) is 18.6. The third kappa shape index (κ3) is 3.84. The maximum atomic E-state index is 5.41. The van der Waals surface area contributed by atoms with Gasteiger partial charge in [-0.05, 0) is 41.8 Å². The molecule has 0 saturated carbocycles. The monoisotopic (exact) mass is 348 g/mol. The third-order valence-electron chi connectivity index (χ3n) is 3.86. The van der Waals surface area contributed by atoms with Crippen LogP contribution in [0.1, 0.15) is 11.1 Å². The highest BCUT2D eigenvalue weighted by atomic mass is 16.5. The van der Waals surface area contributed by atoms with Gasteiger partial charge in [0, 0.05) is 0 Å². The highest BCUT2D eigenvalue weighted by molar-refractivity contribution is 5.57. The van der Waals surface area contributed by atoms with Gasteiger partial charge in [-0.2, -0.15) is 0 Å². The van der Waals surface area contributed by atoms with Crippen LogP contribution in [0.5, 0.6) is 34.5 Å². The average molecular weight is 348 g/mol. The maximum Gasteiger partial charge on any atom is 0.203 e. The van der Waals surface area contributed by atoms with Crippen LogP contribution >= 0.6 is 0 Å². The Labute approximate surface area is 148 Å². The van der Waals surface area contributed by atoms with E-state index in [0.717, 1.165) is 11.1 Å². The number of ether oxygens (including phenoxy) is 6. The lowest BCUT2D eigenvalue weighted by atomic mass is 10.0. The van der Waals surface area contributed by atoms with Crippen molar-refractivity contribution >= 4 is 0 Å². The van der Waals surface area contributed by atoms with E-state index in [1.54, 1.807) is 42.7 Å². The van der Waals surface area contributed by atoms with Crippen molar-refractivity contribution in [2.45, 2.75) is 6.42 Å². The lowest BCUT2D eigenvalue weighted by Crippen LogP contribution is -2.00. The van der Waals surface area contributed by atoms with E-state index in [0.29, 0.717) is 40.9 Å². The van der Waals surface area contributed by atoms with Crippen LogP contribution in [-0.2, 0) is 6.42 Å². The van der Waals surface area contributed by atoms with E-state index in [1.807, 2.05) is 24.3 Å². The average Bonchev–Trinajstić information content (AvgIpc) is 2.65. The van der Waals surface area contributed by atoms with Crippen LogP contribution < -0.4 is 28.4 Å². The standard InChI is InChI=1S/C19H24O6/c1-20-14-8-12(9-15(21-2)18(14)24-5)7-13-10-16(22-3)19(25-6)17(11-13)23-4/h8-11H,7H2,1-6H3. The lowest BCUT2D eigenvalue weighted by Gasteiger charge is -2.16. The number of rotatable bonds is 8. The van der Waals surface area contributed by atoms with Gasteiger partial charge in [-0.1, -0.05) is 0 Å². The normalized spacial score (nSPS) is 10.2. The van der Waals surface area contributed by atoms with Gasteiger partial charge in [-0.25, -0.2) is 0 Å². The Balaban J connectivity index is 2.45. The van der Waals surface area contributed by atoms with E-state index >= 15 is 0 Å². The highest BCUT2D eigenvalue weighted by Crippen LogP contribution is 2.41. The summed E-state index contributed by atoms with van der Waals surface area (Å²) in [6, 6.07) is 7.68. The predicted molar refractivity (Wildman–Crippen MR) is 95.0 cm³/mol. The minimum absolute atomic E-state index is 0.568. The number of methoxy groups -OCH3 is 6. The molecule has 0 aliphatic rings. The van der Waals surface area contributed by atoms with Gasteiger partial charge in [-0.15, -0.1) is 0 Å². The molecule has 136 valence electrons. The molecule has 0 N–H and O–H groups in total. The zero-order valence-electron chi connectivity index (χ0n) is 15.5. The molecule has 2 rings (SSSR count). The molecule has 0 bridgehead atoms. The number of benzene rings is 2. The summed E-state index contributed by atoms with van der Waals surface area (Å²) in [6.07, 6.45) is 0.632. The Kier molecular flexibility index (Phi) is 6.22. The molecule has 0 fully saturated rings. The summed E-state index contributed by atoms with van der Waals surface area (Å²) in [7, 11) is 9.56. The van der Waals surface area contributed by atoms with Crippen LogP contribution in [0.25, 0.3) is 0 Å². The largest absolute Gasteiger partial charge is 0.493 e. The Morgan fingerprint density at radius 3 is 0.960 bits per heavy atom. The first-order valence-corrected chi connectivity index (χ1v) is 7.69. The van der Waals surface area contributed by atoms with Gasteiger partial charge in [0.25, 0.3) is 0 Å². The van der Waals surface area contributed by atoms with Crippen molar-refractivity contribution in [3.05, 3.63) is 35.4 Å². The van der Waals surface area contributed by atoms with Crippen LogP contribution in [0.3, 0.4) is 0 Å². The minimum atomic E-state index is 0.568. The van der Waals surface area contributed by atoms with Gasteiger partial charge < -0.3 is 28.4 Å². The van der Waals surface area contributed by atoms with E-state index in [9.17, 15) is 0 Å². The first-order valence-electron chi connectivity index (χ1n) is 7.69. The van der Waals surface area contributed by atoms with Crippen molar-refractivity contribution in [3.8, 4) is 34.5 Å². The Morgan fingerprint density at radius 2 is 0.760 bits per heavy atom. The molecule has 6 heteroatoms. The molecule has 0 saturated heterocycles. The molecule has 2 aromatic rings. The van der Waals surface area contributed by atoms with Crippen LogP contribution in [0.15, 0.2) is 24.3 Å². The smallest absolute Gasteiger partial charge is 0.203 e. The summed E-state index contributed by atoms with van der Waals surface area (Å²) in [5.41, 5.74) is 2.01. The SMILES string of the molecule is COc1cc(Cc2cc(OC)c(OC)c(OC)c2)cc(OC)c1OC. The zero-order chi connectivity index (χ0) is 18.4. The molecule has 0 amide bonds. The summed E-state index contributed by atoms with van der Waals surface area (Å²) in [5, 5.41) is 0. The second kappa shape index (κ2) is 8.37. The van der Waals surface area contributed by atoms with E-state index in [-0.39, 0.29) is 0 Å². The predicted octanol–water partition coefficient (Wildman–Crippen LogP) is 3.33. The Bertz CT molecular complexity index is 614. The lowest BCUT2D eigenvalue weighted by molar-refractivity contribution is 0.323. The van der Waals surface area contributed by atoms with E-state index in [1.165, 1.54) is 0 Å². The minimum Gasteiger partial charge on any atom is -0.493 e. The van der Waals surface area contributed by atoms with Crippen LogP contribution in [-0.4, -0.2) is 42.7 Å². The molecule has 0 unspecified atom stereocenters. The zero-order valence-corrected chi connectivity index (χ0v) is 15.5. The quantitative estimate of drug-likeness (QED) is 0.729. The van der Waals surface area contributed by atoms with E-state index in [2.05, 4.69) is 0 Å². The molecule has 6 nitrogen and oxygen atoms in total. The molecule has 0 radical (unpaired) electrons. The molecular formula is C19H24O6. The second-order valence-corrected chi connectivity index (χ2v) is 5.24. The molecule has 0 heterocycles. The maximum absolute atomic E-state index is 5.41. The molecule has 0 aromatic heterocycles. The molecule has 0 spiro atoms. The number of hydrogen-bond donors (Lipinski definition) is 0. The fourth-order valence-electron chi connectivity index (χ4n) is 2.71. The Hall–Kier alpha value is -2.76. The Morgan fingerprint density at radius 1 is 0.480 bits per heavy atom. The topological polar surface area (TPSA) is 55.4 Å². The summed E-state index contributed by atoms with van der Waals surface area (Å²) >= 11 is 0. The van der Waals surface area contributed by atoms with Crippen molar-refractivity contribution in [3.63, 3.8) is 0 Å². The summed E-state index contributed by atoms with van der Waals surface area (Å²) in [4.78, 5) is 0. The van der Waals surface area contributed by atoms with Gasteiger partial charge in [0.2, 0.25) is 11.5 Å².